The molecule has 0 bridgehead atoms. The van der Waals surface area contributed by atoms with Crippen molar-refractivity contribution in [3.8, 4) is 0 Å². The molecule has 0 saturated carbocycles. The lowest BCUT2D eigenvalue weighted by molar-refractivity contribution is 0.634. The van der Waals surface area contributed by atoms with E-state index in [1.165, 1.54) is 11.8 Å². The van der Waals surface area contributed by atoms with Crippen LogP contribution >= 0.6 is 47.2 Å². The van der Waals surface area contributed by atoms with Gasteiger partial charge < -0.3 is 9.80 Å². The zero-order chi connectivity index (χ0) is 14.6. The molecule has 0 saturated heterocycles. The van der Waals surface area contributed by atoms with Gasteiger partial charge in [-0.2, -0.15) is 0 Å². The molecule has 0 N–H and O–H groups in total. The molecule has 104 valence electrons. The largest absolute Gasteiger partial charge is 0.363 e. The summed E-state index contributed by atoms with van der Waals surface area (Å²) in [6.07, 6.45) is 0. The van der Waals surface area contributed by atoms with Crippen molar-refractivity contribution in [2.75, 3.05) is 28.2 Å². The van der Waals surface area contributed by atoms with Crippen molar-refractivity contribution >= 4 is 62.4 Å². The molecule has 0 heterocycles. The Kier molecular flexibility index (Phi) is 6.39. The summed E-state index contributed by atoms with van der Waals surface area (Å²) in [6.45, 7) is 0. The third kappa shape index (κ3) is 5.18. The van der Waals surface area contributed by atoms with Crippen LogP contribution in [0.3, 0.4) is 0 Å². The Bertz CT molecular complexity index is 502. The summed E-state index contributed by atoms with van der Waals surface area (Å²) in [5.74, 6) is 0. The molecular formula is C12H15Cl2N3S2. The van der Waals surface area contributed by atoms with Crippen molar-refractivity contribution in [2.45, 2.75) is 0 Å². The molecule has 0 atom stereocenters. The molecule has 0 aromatic heterocycles. The lowest BCUT2D eigenvalue weighted by atomic mass is 10.3. The van der Waals surface area contributed by atoms with Crippen molar-refractivity contribution < 1.29 is 0 Å². The van der Waals surface area contributed by atoms with Crippen molar-refractivity contribution in [2.24, 2.45) is 4.99 Å². The number of benzene rings is 1. The van der Waals surface area contributed by atoms with Gasteiger partial charge in [0.25, 0.3) is 0 Å². The Morgan fingerprint density at radius 1 is 1.11 bits per heavy atom. The number of hydrogen-bond donors (Lipinski definition) is 0. The Morgan fingerprint density at radius 3 is 2.21 bits per heavy atom. The van der Waals surface area contributed by atoms with Crippen LogP contribution in [0, 0.1) is 0 Å². The molecular weight excluding hydrogens is 321 g/mol. The Labute approximate surface area is 133 Å². The van der Waals surface area contributed by atoms with Gasteiger partial charge in [0.05, 0.1) is 15.7 Å². The molecule has 0 aliphatic rings. The van der Waals surface area contributed by atoms with E-state index < -0.39 is 0 Å². The van der Waals surface area contributed by atoms with Crippen LogP contribution in [0.25, 0.3) is 0 Å². The van der Waals surface area contributed by atoms with Crippen LogP contribution in [-0.4, -0.2) is 47.5 Å². The Hall–Kier alpha value is -0.490. The Balaban J connectivity index is 3.01. The molecule has 0 spiro atoms. The highest BCUT2D eigenvalue weighted by atomic mass is 35.5. The first-order valence-electron chi connectivity index (χ1n) is 5.41. The summed E-state index contributed by atoms with van der Waals surface area (Å²) in [5, 5.41) is 1.79. The second-order valence-electron chi connectivity index (χ2n) is 4.15. The van der Waals surface area contributed by atoms with Gasteiger partial charge in [0.2, 0.25) is 0 Å². The number of nitrogens with zero attached hydrogens (tertiary/aromatic N) is 3. The van der Waals surface area contributed by atoms with Gasteiger partial charge in [-0.25, -0.2) is 4.99 Å². The van der Waals surface area contributed by atoms with Crippen molar-refractivity contribution in [1.29, 1.82) is 0 Å². The SMILES string of the molecule is CN(C)C(=S)SC(=Nc1ccc(Cl)c(Cl)c1)N(C)C. The maximum Gasteiger partial charge on any atom is 0.170 e. The fraction of sp³-hybridized carbons (Fsp3) is 0.333. The van der Waals surface area contributed by atoms with E-state index in [9.17, 15) is 0 Å². The summed E-state index contributed by atoms with van der Waals surface area (Å²) < 4.78 is 0.743. The first-order chi connectivity index (χ1) is 8.81. The van der Waals surface area contributed by atoms with Crippen LogP contribution in [0.1, 0.15) is 0 Å². The minimum absolute atomic E-state index is 0.487. The molecule has 0 aliphatic carbocycles. The third-order valence-corrected chi connectivity index (χ3v) is 4.59. The van der Waals surface area contributed by atoms with Gasteiger partial charge in [0.15, 0.2) is 5.17 Å². The van der Waals surface area contributed by atoms with E-state index in [1.807, 2.05) is 44.1 Å². The van der Waals surface area contributed by atoms with E-state index in [2.05, 4.69) is 4.99 Å². The summed E-state index contributed by atoms with van der Waals surface area (Å²) in [7, 11) is 7.65. The quantitative estimate of drug-likeness (QED) is 0.436. The van der Waals surface area contributed by atoms with E-state index >= 15 is 0 Å². The lowest BCUT2D eigenvalue weighted by Crippen LogP contribution is -2.24. The highest BCUT2D eigenvalue weighted by Crippen LogP contribution is 2.27. The number of hydrogen-bond acceptors (Lipinski definition) is 3. The van der Waals surface area contributed by atoms with E-state index in [1.54, 1.807) is 12.1 Å². The molecule has 1 aromatic rings. The predicted octanol–water partition coefficient (Wildman–Crippen LogP) is 4.12. The van der Waals surface area contributed by atoms with Gasteiger partial charge in [0, 0.05) is 28.2 Å². The summed E-state index contributed by atoms with van der Waals surface area (Å²) >= 11 is 18.6. The van der Waals surface area contributed by atoms with Crippen molar-refractivity contribution in [1.82, 2.24) is 9.80 Å². The van der Waals surface area contributed by atoms with Crippen LogP contribution in [0.2, 0.25) is 10.0 Å². The normalized spacial score (nSPS) is 11.4. The number of amidine groups is 1. The smallest absolute Gasteiger partial charge is 0.170 e. The number of thioether (sulfide) groups is 1. The predicted molar refractivity (Wildman–Crippen MR) is 91.1 cm³/mol. The van der Waals surface area contributed by atoms with E-state index in [-0.39, 0.29) is 0 Å². The molecule has 7 heteroatoms. The van der Waals surface area contributed by atoms with E-state index in [0.29, 0.717) is 10.0 Å². The number of rotatable bonds is 1. The molecule has 19 heavy (non-hydrogen) atoms. The van der Waals surface area contributed by atoms with Crippen LogP contribution in [0.15, 0.2) is 23.2 Å². The van der Waals surface area contributed by atoms with Gasteiger partial charge in [-0.1, -0.05) is 35.4 Å². The summed E-state index contributed by atoms with van der Waals surface area (Å²) in [5.41, 5.74) is 0.743. The molecule has 0 aliphatic heterocycles. The molecule has 0 radical (unpaired) electrons. The average Bonchev–Trinajstić information content (AvgIpc) is 2.32. The molecule has 0 amide bonds. The van der Waals surface area contributed by atoms with Gasteiger partial charge in [-0.3, -0.25) is 0 Å². The number of thiocarbonyl (C=S) groups is 1. The highest BCUT2D eigenvalue weighted by Gasteiger charge is 2.10. The maximum absolute atomic E-state index is 5.98. The van der Waals surface area contributed by atoms with Crippen LogP contribution < -0.4 is 0 Å². The summed E-state index contributed by atoms with van der Waals surface area (Å²) in [4.78, 5) is 8.31. The molecule has 0 unspecified atom stereocenters. The van der Waals surface area contributed by atoms with Crippen LogP contribution in [-0.2, 0) is 0 Å². The monoisotopic (exact) mass is 335 g/mol. The zero-order valence-electron chi connectivity index (χ0n) is 11.1. The van der Waals surface area contributed by atoms with Gasteiger partial charge >= 0.3 is 0 Å². The minimum Gasteiger partial charge on any atom is -0.363 e. The third-order valence-electron chi connectivity index (χ3n) is 2.05. The fourth-order valence-corrected chi connectivity index (χ4v) is 2.24. The van der Waals surface area contributed by atoms with Gasteiger partial charge in [-0.05, 0) is 30.0 Å². The van der Waals surface area contributed by atoms with Crippen molar-refractivity contribution in [3.05, 3.63) is 28.2 Å². The van der Waals surface area contributed by atoms with Crippen LogP contribution in [0.4, 0.5) is 5.69 Å². The standard InChI is InChI=1S/C12H15Cl2N3S2/c1-16(2)11(19-12(18)17(3)4)15-8-5-6-9(13)10(14)7-8/h5-7H,1-4H3. The second-order valence-corrected chi connectivity index (χ2v) is 6.57. The van der Waals surface area contributed by atoms with Crippen molar-refractivity contribution in [3.63, 3.8) is 0 Å². The van der Waals surface area contributed by atoms with E-state index in [0.717, 1.165) is 15.2 Å². The molecule has 1 rings (SSSR count). The lowest BCUT2D eigenvalue weighted by Gasteiger charge is -2.18. The average molecular weight is 336 g/mol. The number of aliphatic imine (C=N–C) groups is 1. The topological polar surface area (TPSA) is 18.8 Å². The maximum atomic E-state index is 5.98. The molecule has 1 aromatic carbocycles. The Morgan fingerprint density at radius 2 is 1.74 bits per heavy atom. The highest BCUT2D eigenvalue weighted by molar-refractivity contribution is 8.32. The molecule has 3 nitrogen and oxygen atoms in total. The van der Waals surface area contributed by atoms with Crippen LogP contribution in [0.5, 0.6) is 0 Å². The van der Waals surface area contributed by atoms with Gasteiger partial charge in [-0.15, -0.1) is 0 Å². The first-order valence-corrected chi connectivity index (χ1v) is 7.39. The summed E-state index contributed by atoms with van der Waals surface area (Å²) in [6, 6.07) is 5.27. The number of halogens is 2. The van der Waals surface area contributed by atoms with Gasteiger partial charge in [0.1, 0.15) is 4.32 Å². The minimum atomic E-state index is 0.487. The zero-order valence-corrected chi connectivity index (χ0v) is 14.3. The van der Waals surface area contributed by atoms with E-state index in [4.69, 9.17) is 35.4 Å². The first kappa shape index (κ1) is 16.6. The fourth-order valence-electron chi connectivity index (χ4n) is 1.05. The second kappa shape index (κ2) is 7.33. The molecule has 0 fully saturated rings.